The van der Waals surface area contributed by atoms with Gasteiger partial charge in [0.2, 0.25) is 0 Å². The van der Waals surface area contributed by atoms with Gasteiger partial charge in [-0.3, -0.25) is 0 Å². The lowest BCUT2D eigenvalue weighted by atomic mass is 10.1. The van der Waals surface area contributed by atoms with Crippen LogP contribution in [-0.4, -0.2) is 51.3 Å². The molecule has 6 nitrogen and oxygen atoms in total. The van der Waals surface area contributed by atoms with Gasteiger partial charge in [0.1, 0.15) is 0 Å². The fourth-order valence-corrected chi connectivity index (χ4v) is 2.84. The number of hydrogen-bond donors (Lipinski definition) is 1. The van der Waals surface area contributed by atoms with Gasteiger partial charge in [-0.2, -0.15) is 4.68 Å². The predicted octanol–water partition coefficient (Wildman–Crippen LogP) is 1.09. The van der Waals surface area contributed by atoms with Gasteiger partial charge in [-0.15, -0.1) is 5.10 Å². The van der Waals surface area contributed by atoms with Crippen LogP contribution >= 0.6 is 0 Å². The molecular weight excluding hydrogens is 264 g/mol. The van der Waals surface area contributed by atoms with Gasteiger partial charge in [-0.05, 0) is 54.5 Å². The Kier molecular flexibility index (Phi) is 4.57. The summed E-state index contributed by atoms with van der Waals surface area (Å²) in [4.78, 5) is 2.50. The van der Waals surface area contributed by atoms with Gasteiger partial charge in [0, 0.05) is 6.54 Å². The van der Waals surface area contributed by atoms with Crippen LogP contribution in [-0.2, 0) is 6.54 Å². The molecule has 1 aliphatic rings. The van der Waals surface area contributed by atoms with E-state index in [0.29, 0.717) is 6.54 Å². The Balaban J connectivity index is 1.54. The molecule has 0 saturated carbocycles. The van der Waals surface area contributed by atoms with Gasteiger partial charge in [-0.25, -0.2) is 0 Å². The highest BCUT2D eigenvalue weighted by molar-refractivity contribution is 5.30. The number of para-hydroxylation sites is 1. The van der Waals surface area contributed by atoms with Crippen LogP contribution in [0.1, 0.15) is 19.2 Å². The molecule has 0 amide bonds. The van der Waals surface area contributed by atoms with E-state index in [9.17, 15) is 0 Å². The van der Waals surface area contributed by atoms with E-state index in [-0.39, 0.29) is 0 Å². The van der Waals surface area contributed by atoms with E-state index >= 15 is 0 Å². The number of nitrogens with zero attached hydrogens (tertiary/aromatic N) is 5. The second-order valence-corrected chi connectivity index (χ2v) is 5.52. The maximum absolute atomic E-state index is 4.12. The van der Waals surface area contributed by atoms with Crippen molar-refractivity contribution in [3.8, 4) is 5.69 Å². The van der Waals surface area contributed by atoms with E-state index < -0.39 is 0 Å². The van der Waals surface area contributed by atoms with Crippen molar-refractivity contribution in [2.75, 3.05) is 26.2 Å². The summed E-state index contributed by atoms with van der Waals surface area (Å²) in [5, 5.41) is 15.5. The van der Waals surface area contributed by atoms with E-state index in [0.717, 1.165) is 30.5 Å². The van der Waals surface area contributed by atoms with Crippen LogP contribution in [0.2, 0.25) is 0 Å². The third kappa shape index (κ3) is 3.46. The predicted molar refractivity (Wildman–Crippen MR) is 81.1 cm³/mol. The molecule has 1 aromatic heterocycles. The van der Waals surface area contributed by atoms with Crippen LogP contribution in [0.25, 0.3) is 5.69 Å². The first-order valence-corrected chi connectivity index (χ1v) is 7.62. The molecule has 3 rings (SSSR count). The molecular formula is C15H22N6. The highest BCUT2D eigenvalue weighted by atomic mass is 15.5. The zero-order chi connectivity index (χ0) is 14.5. The number of hydrogen-bond acceptors (Lipinski definition) is 5. The largest absolute Gasteiger partial charge is 0.309 e. The lowest BCUT2D eigenvalue weighted by Crippen LogP contribution is -2.27. The standard InChI is InChI=1S/C15H22N6/c1-2-20-9-8-13(12-20)10-16-11-15-17-18-19-21(15)14-6-4-3-5-7-14/h3-7,13,16H,2,8-12H2,1H3. The Morgan fingerprint density at radius 3 is 2.90 bits per heavy atom. The molecule has 1 atom stereocenters. The molecule has 0 bridgehead atoms. The molecule has 0 aliphatic carbocycles. The summed E-state index contributed by atoms with van der Waals surface area (Å²) in [5.41, 5.74) is 0.998. The van der Waals surface area contributed by atoms with Gasteiger partial charge < -0.3 is 10.2 Å². The van der Waals surface area contributed by atoms with Crippen LogP contribution in [0.4, 0.5) is 0 Å². The summed E-state index contributed by atoms with van der Waals surface area (Å²) >= 11 is 0. The normalized spacial score (nSPS) is 19.2. The zero-order valence-corrected chi connectivity index (χ0v) is 12.4. The molecule has 112 valence electrons. The van der Waals surface area contributed by atoms with E-state index in [2.05, 4.69) is 32.7 Å². The summed E-state index contributed by atoms with van der Waals surface area (Å²) in [7, 11) is 0. The van der Waals surface area contributed by atoms with E-state index in [1.165, 1.54) is 19.5 Å². The van der Waals surface area contributed by atoms with Crippen molar-refractivity contribution in [1.29, 1.82) is 0 Å². The molecule has 21 heavy (non-hydrogen) atoms. The number of rotatable bonds is 6. The summed E-state index contributed by atoms with van der Waals surface area (Å²) in [6.45, 7) is 7.53. The van der Waals surface area contributed by atoms with Crippen molar-refractivity contribution in [1.82, 2.24) is 30.4 Å². The molecule has 0 radical (unpaired) electrons. The number of tetrazole rings is 1. The van der Waals surface area contributed by atoms with Crippen LogP contribution in [0.3, 0.4) is 0 Å². The molecule has 1 saturated heterocycles. The van der Waals surface area contributed by atoms with Crippen molar-refractivity contribution in [3.63, 3.8) is 0 Å². The molecule has 2 aromatic rings. The first kappa shape index (κ1) is 14.2. The van der Waals surface area contributed by atoms with E-state index in [1.54, 1.807) is 4.68 Å². The molecule has 0 spiro atoms. The lowest BCUT2D eigenvalue weighted by Gasteiger charge is -2.13. The quantitative estimate of drug-likeness (QED) is 0.861. The fourth-order valence-electron chi connectivity index (χ4n) is 2.84. The Labute approximate surface area is 125 Å². The van der Waals surface area contributed by atoms with Crippen LogP contribution in [0.5, 0.6) is 0 Å². The summed E-state index contributed by atoms with van der Waals surface area (Å²) < 4.78 is 1.79. The second-order valence-electron chi connectivity index (χ2n) is 5.52. The molecule has 6 heteroatoms. The monoisotopic (exact) mass is 286 g/mol. The molecule has 1 N–H and O–H groups in total. The van der Waals surface area contributed by atoms with Crippen molar-refractivity contribution in [2.24, 2.45) is 5.92 Å². The van der Waals surface area contributed by atoms with E-state index in [1.807, 2.05) is 30.3 Å². The zero-order valence-electron chi connectivity index (χ0n) is 12.4. The third-order valence-electron chi connectivity index (χ3n) is 4.07. The molecule has 2 heterocycles. The Morgan fingerprint density at radius 1 is 1.29 bits per heavy atom. The van der Waals surface area contributed by atoms with Crippen LogP contribution in [0, 0.1) is 5.92 Å². The Bertz CT molecular complexity index is 552. The first-order valence-electron chi connectivity index (χ1n) is 7.62. The molecule has 1 unspecified atom stereocenters. The van der Waals surface area contributed by atoms with Gasteiger partial charge in [0.25, 0.3) is 0 Å². The highest BCUT2D eigenvalue weighted by Crippen LogP contribution is 2.14. The van der Waals surface area contributed by atoms with Crippen molar-refractivity contribution >= 4 is 0 Å². The average molecular weight is 286 g/mol. The number of aromatic nitrogens is 4. The average Bonchev–Trinajstić information content (AvgIpc) is 3.17. The van der Waals surface area contributed by atoms with Crippen LogP contribution < -0.4 is 5.32 Å². The maximum atomic E-state index is 4.12. The van der Waals surface area contributed by atoms with Crippen LogP contribution in [0.15, 0.2) is 30.3 Å². The third-order valence-corrected chi connectivity index (χ3v) is 4.07. The molecule has 1 fully saturated rings. The number of benzene rings is 1. The lowest BCUT2D eigenvalue weighted by molar-refractivity contribution is 0.338. The van der Waals surface area contributed by atoms with E-state index in [4.69, 9.17) is 0 Å². The second kappa shape index (κ2) is 6.78. The Morgan fingerprint density at radius 2 is 2.14 bits per heavy atom. The molecule has 1 aliphatic heterocycles. The molecule has 1 aromatic carbocycles. The summed E-state index contributed by atoms with van der Waals surface area (Å²) in [5.74, 6) is 1.59. The minimum atomic E-state index is 0.699. The van der Waals surface area contributed by atoms with Crippen molar-refractivity contribution < 1.29 is 0 Å². The van der Waals surface area contributed by atoms with Gasteiger partial charge >= 0.3 is 0 Å². The fraction of sp³-hybridized carbons (Fsp3) is 0.533. The minimum Gasteiger partial charge on any atom is -0.309 e. The first-order chi connectivity index (χ1) is 10.4. The number of likely N-dealkylation sites (tertiary alicyclic amines) is 1. The van der Waals surface area contributed by atoms with Gasteiger partial charge in [0.15, 0.2) is 5.82 Å². The van der Waals surface area contributed by atoms with Crippen molar-refractivity contribution in [2.45, 2.75) is 19.9 Å². The smallest absolute Gasteiger partial charge is 0.170 e. The number of nitrogens with one attached hydrogen (secondary N) is 1. The van der Waals surface area contributed by atoms with Gasteiger partial charge in [0.05, 0.1) is 12.2 Å². The minimum absolute atomic E-state index is 0.699. The SMILES string of the molecule is CCN1CCC(CNCc2nnnn2-c2ccccc2)C1. The maximum Gasteiger partial charge on any atom is 0.170 e. The highest BCUT2D eigenvalue weighted by Gasteiger charge is 2.20. The summed E-state index contributed by atoms with van der Waals surface area (Å²) in [6.07, 6.45) is 1.28. The topological polar surface area (TPSA) is 58.9 Å². The summed E-state index contributed by atoms with van der Waals surface area (Å²) in [6, 6.07) is 10.00. The van der Waals surface area contributed by atoms with Gasteiger partial charge in [-0.1, -0.05) is 25.1 Å². The van der Waals surface area contributed by atoms with Crippen molar-refractivity contribution in [3.05, 3.63) is 36.2 Å². The Hall–Kier alpha value is -1.79.